The van der Waals surface area contributed by atoms with Gasteiger partial charge in [-0.3, -0.25) is 34.0 Å². The summed E-state index contributed by atoms with van der Waals surface area (Å²) >= 11 is 0. The maximum atomic E-state index is 14.6. The summed E-state index contributed by atoms with van der Waals surface area (Å²) in [6, 6.07) is 1.17. The summed E-state index contributed by atoms with van der Waals surface area (Å²) in [6.45, 7) is 0. The molecule has 3 fully saturated rings. The van der Waals surface area contributed by atoms with E-state index in [1.807, 2.05) is 0 Å². The van der Waals surface area contributed by atoms with Gasteiger partial charge in [-0.25, -0.2) is 4.21 Å². The van der Waals surface area contributed by atoms with Crippen LogP contribution in [0.25, 0.3) is 0 Å². The molecule has 1 aromatic carbocycles. The molecular formula is C27H34N8O7S. The van der Waals surface area contributed by atoms with Gasteiger partial charge in [0.05, 0.1) is 56.7 Å². The highest BCUT2D eigenvalue weighted by atomic mass is 32.2. The van der Waals surface area contributed by atoms with Crippen LogP contribution in [0.5, 0.6) is 5.75 Å². The van der Waals surface area contributed by atoms with E-state index >= 15 is 0 Å². The Bertz CT molecular complexity index is 1550. The van der Waals surface area contributed by atoms with Crippen LogP contribution in [0.15, 0.2) is 12.1 Å². The largest absolute Gasteiger partial charge is 0.505 e. The number of aromatic hydroxyl groups is 1. The third kappa shape index (κ3) is 3.63. The van der Waals surface area contributed by atoms with E-state index in [9.17, 15) is 38.6 Å². The Hall–Kier alpha value is -3.59. The number of phenolic OH excluding ortho intramolecular Hbond substituents is 1. The number of ketones is 4. The lowest BCUT2D eigenvalue weighted by atomic mass is 9.42. The van der Waals surface area contributed by atoms with Crippen LogP contribution in [0.1, 0.15) is 47.6 Å². The minimum absolute atomic E-state index is 0.0144. The second kappa shape index (κ2) is 9.97. The number of amides is 1. The molecule has 0 heterocycles. The van der Waals surface area contributed by atoms with Crippen molar-refractivity contribution < 1.29 is 33.3 Å². The Morgan fingerprint density at radius 3 is 2.26 bits per heavy atom. The highest BCUT2D eigenvalue weighted by Crippen LogP contribution is 2.59. The lowest BCUT2D eigenvalue weighted by molar-refractivity contribution is -0.166. The number of carbonyl (C=O) groups is 5. The molecule has 1 aromatic rings. The predicted octanol–water partition coefficient (Wildman–Crippen LogP) is -2.78. The standard InChI is InChI=1S/C27H34N8O7S/c1-35(2)20-18(38)14(23(30)41)21(39)25(9-28)22(40)15-17(37)13-11(7-8-12(16(13)36)34-10-5-3-4-6-10)19(29)26(15,31)24(43(33)42)27(20,25)32/h7-8,10,14-15,19-20,24,34,36H,3-6,29,31-33H2,1-2H3,(H2,30,41)/t14?,15?,19-,20+,24-,25-,26+,27-,43?/m0/s1. The predicted molar refractivity (Wildman–Crippen MR) is 152 cm³/mol. The molecule has 0 radical (unpaired) electrons. The first-order valence-electron chi connectivity index (χ1n) is 13.7. The second-order valence-corrected chi connectivity index (χ2v) is 13.3. The van der Waals surface area contributed by atoms with Crippen molar-refractivity contribution >= 4 is 45.7 Å². The summed E-state index contributed by atoms with van der Waals surface area (Å²) in [4.78, 5) is 70.2. The number of rotatable bonds is 5. The fourth-order valence-electron chi connectivity index (χ4n) is 8.03. The smallest absolute Gasteiger partial charge is 0.235 e. The molecule has 3 unspecified atom stereocenters. The molecule has 43 heavy (non-hydrogen) atoms. The van der Waals surface area contributed by atoms with Crippen molar-refractivity contribution in [2.45, 2.75) is 60.1 Å². The normalized spacial score (nSPS) is 38.2. The summed E-state index contributed by atoms with van der Waals surface area (Å²) < 4.78 is 13.5. The maximum Gasteiger partial charge on any atom is 0.235 e. The lowest BCUT2D eigenvalue weighted by Gasteiger charge is -2.64. The zero-order valence-electron chi connectivity index (χ0n) is 23.5. The van der Waals surface area contributed by atoms with Gasteiger partial charge >= 0.3 is 0 Å². The molecule has 4 aliphatic carbocycles. The average Bonchev–Trinajstić information content (AvgIpc) is 3.41. The Kier molecular flexibility index (Phi) is 7.16. The van der Waals surface area contributed by atoms with E-state index in [0.717, 1.165) is 30.6 Å². The van der Waals surface area contributed by atoms with Gasteiger partial charge in [0.25, 0.3) is 0 Å². The Balaban J connectivity index is 1.82. The van der Waals surface area contributed by atoms with E-state index < -0.39 is 91.4 Å². The number of Topliss-reactive ketones (excluding diaryl/α,β-unsaturated/α-hetero) is 4. The van der Waals surface area contributed by atoms with E-state index in [4.69, 9.17) is 28.1 Å². The third-order valence-corrected chi connectivity index (χ3v) is 11.1. The molecule has 0 saturated heterocycles. The third-order valence-electron chi connectivity index (χ3n) is 9.82. The van der Waals surface area contributed by atoms with Crippen molar-refractivity contribution in [1.29, 1.82) is 5.26 Å². The number of hydrogen-bond acceptors (Lipinski definition) is 13. The van der Waals surface area contributed by atoms with Gasteiger partial charge in [-0.1, -0.05) is 18.9 Å². The van der Waals surface area contributed by atoms with Crippen molar-refractivity contribution in [3.05, 3.63) is 23.3 Å². The SMILES string of the molecule is CN(C)[C@@H]1C(=O)C(C(N)=O)C(=O)[C@@]2(C#N)C(=O)C3C(=O)c4c(ccc(NC5CCCC5)c4O)[C@H](N)[C@@]3(N)[C@H](S(N)=O)[C@@]12N. The molecule has 5 rings (SSSR count). The number of phenols is 1. The van der Waals surface area contributed by atoms with Crippen LogP contribution in [0.3, 0.4) is 0 Å². The summed E-state index contributed by atoms with van der Waals surface area (Å²) in [7, 11) is -0.0902. The molecule has 4 aliphatic rings. The number of nitrogens with one attached hydrogen (secondary N) is 1. The summed E-state index contributed by atoms with van der Waals surface area (Å²) in [5.41, 5.74) is 17.3. The minimum Gasteiger partial charge on any atom is -0.505 e. The first-order valence-corrected chi connectivity index (χ1v) is 15.0. The monoisotopic (exact) mass is 614 g/mol. The van der Waals surface area contributed by atoms with Gasteiger partial charge in [0.15, 0.2) is 34.5 Å². The number of likely N-dealkylation sites (N-methyl/N-ethyl adjacent to an activating group) is 1. The van der Waals surface area contributed by atoms with Gasteiger partial charge in [-0.15, -0.1) is 0 Å². The molecule has 0 spiro atoms. The summed E-state index contributed by atoms with van der Waals surface area (Å²) in [5.74, 6) is -11.7. The lowest BCUT2D eigenvalue weighted by Crippen LogP contribution is -2.93. The first kappa shape index (κ1) is 30.9. The number of fused-ring (bicyclic) bond motifs is 3. The number of primary amides is 1. The first-order chi connectivity index (χ1) is 20.0. The van der Waals surface area contributed by atoms with E-state index in [-0.39, 0.29) is 22.9 Å². The number of nitrogens with two attached hydrogens (primary N) is 5. The quantitative estimate of drug-likeness (QED) is 0.131. The van der Waals surface area contributed by atoms with E-state index in [1.54, 1.807) is 6.07 Å². The number of nitriles is 1. The highest BCUT2D eigenvalue weighted by molar-refractivity contribution is 7.83. The number of anilines is 1. The van der Waals surface area contributed by atoms with E-state index in [1.165, 1.54) is 26.2 Å². The number of nitrogens with zero attached hydrogens (tertiary/aromatic N) is 2. The van der Waals surface area contributed by atoms with Crippen LogP contribution in [0.2, 0.25) is 0 Å². The van der Waals surface area contributed by atoms with Crippen molar-refractivity contribution in [2.75, 3.05) is 19.4 Å². The molecule has 9 atom stereocenters. The van der Waals surface area contributed by atoms with Crippen LogP contribution < -0.4 is 33.4 Å². The Morgan fingerprint density at radius 2 is 1.74 bits per heavy atom. The van der Waals surface area contributed by atoms with Crippen LogP contribution in [-0.4, -0.2) is 85.8 Å². The van der Waals surface area contributed by atoms with Crippen molar-refractivity contribution in [3.8, 4) is 11.8 Å². The molecule has 15 nitrogen and oxygen atoms in total. The molecule has 12 N–H and O–H groups in total. The number of hydrogen-bond donors (Lipinski definition) is 7. The van der Waals surface area contributed by atoms with Crippen molar-refractivity contribution in [3.63, 3.8) is 0 Å². The topological polar surface area (TPSA) is 292 Å². The molecule has 0 aromatic heterocycles. The molecule has 230 valence electrons. The molecular weight excluding hydrogens is 580 g/mol. The van der Waals surface area contributed by atoms with Crippen LogP contribution in [-0.2, 0) is 30.2 Å². The Labute approximate surface area is 249 Å². The zero-order valence-corrected chi connectivity index (χ0v) is 24.3. The highest BCUT2D eigenvalue weighted by Gasteiger charge is 2.84. The number of carbonyl (C=O) groups excluding carboxylic acids is 5. The molecule has 0 bridgehead atoms. The van der Waals surface area contributed by atoms with Gasteiger partial charge in [0.1, 0.15) is 11.7 Å². The van der Waals surface area contributed by atoms with E-state index in [2.05, 4.69) is 5.32 Å². The number of benzene rings is 1. The molecule has 16 heteroatoms. The van der Waals surface area contributed by atoms with Crippen molar-refractivity contribution in [1.82, 2.24) is 4.90 Å². The van der Waals surface area contributed by atoms with Crippen molar-refractivity contribution in [2.24, 2.45) is 45.3 Å². The molecule has 3 saturated carbocycles. The van der Waals surface area contributed by atoms with E-state index in [0.29, 0.717) is 0 Å². The van der Waals surface area contributed by atoms with Gasteiger partial charge in [-0.05, 0) is 38.6 Å². The van der Waals surface area contributed by atoms with Gasteiger partial charge in [-0.2, -0.15) is 5.26 Å². The zero-order chi connectivity index (χ0) is 32.0. The van der Waals surface area contributed by atoms with Crippen LogP contribution in [0.4, 0.5) is 5.69 Å². The van der Waals surface area contributed by atoms with Crippen LogP contribution >= 0.6 is 0 Å². The molecule has 0 aliphatic heterocycles. The molecule has 1 amide bonds. The average molecular weight is 615 g/mol. The minimum atomic E-state index is -3.13. The van der Waals surface area contributed by atoms with Crippen LogP contribution in [0, 0.1) is 28.6 Å². The van der Waals surface area contributed by atoms with Gasteiger partial charge < -0.3 is 33.4 Å². The summed E-state index contributed by atoms with van der Waals surface area (Å²) in [6.07, 6.45) is 3.62. The maximum absolute atomic E-state index is 14.6. The Morgan fingerprint density at radius 1 is 1.14 bits per heavy atom. The fourth-order valence-corrected chi connectivity index (χ4v) is 9.40. The second-order valence-electron chi connectivity index (χ2n) is 12.2. The van der Waals surface area contributed by atoms with Gasteiger partial charge in [0, 0.05) is 6.04 Å². The fraction of sp³-hybridized carbons (Fsp3) is 0.556. The summed E-state index contributed by atoms with van der Waals surface area (Å²) in [5, 5.41) is 29.0. The van der Waals surface area contributed by atoms with Gasteiger partial charge in [0.2, 0.25) is 5.91 Å².